The van der Waals surface area contributed by atoms with Gasteiger partial charge in [0.15, 0.2) is 0 Å². The fourth-order valence-corrected chi connectivity index (χ4v) is 3.36. The normalized spacial score (nSPS) is 12.0. The lowest BCUT2D eigenvalue weighted by molar-refractivity contribution is -0.137. The van der Waals surface area contributed by atoms with Crippen LogP contribution >= 0.6 is 0 Å². The molecule has 0 aliphatic heterocycles. The second-order valence-corrected chi connectivity index (χ2v) is 6.70. The number of aromatic nitrogens is 1. The lowest BCUT2D eigenvalue weighted by Crippen LogP contribution is -2.25. The Hall–Kier alpha value is -2.56. The zero-order valence-corrected chi connectivity index (χ0v) is 15.8. The molecule has 1 unspecified atom stereocenters. The van der Waals surface area contributed by atoms with E-state index in [0.717, 1.165) is 24.2 Å². The summed E-state index contributed by atoms with van der Waals surface area (Å²) in [7, 11) is 0. The van der Waals surface area contributed by atoms with Crippen LogP contribution in [-0.2, 0) is 4.79 Å². The van der Waals surface area contributed by atoms with Crippen LogP contribution in [0.3, 0.4) is 0 Å². The van der Waals surface area contributed by atoms with Crippen LogP contribution in [-0.4, -0.2) is 28.1 Å². The Kier molecular flexibility index (Phi) is 7.01. The van der Waals surface area contributed by atoms with Crippen molar-refractivity contribution in [2.24, 2.45) is 0 Å². The molecule has 2 rings (SSSR count). The van der Waals surface area contributed by atoms with Crippen molar-refractivity contribution in [3.8, 4) is 0 Å². The Morgan fingerprint density at radius 3 is 2.46 bits per heavy atom. The third-order valence-electron chi connectivity index (χ3n) is 4.75. The van der Waals surface area contributed by atoms with Crippen LogP contribution in [0.25, 0.3) is 0 Å². The van der Waals surface area contributed by atoms with Crippen molar-refractivity contribution in [2.45, 2.75) is 52.5 Å². The van der Waals surface area contributed by atoms with Gasteiger partial charge in [-0.3, -0.25) is 9.59 Å². The molecule has 2 N–H and O–H groups in total. The molecule has 0 aliphatic rings. The standard InChI is InChI=1S/C21H28N2O3/c1-15-14-19(21(26)22-13-9-5-8-12-20(24)25)17(3)23(15)16(2)18-10-6-4-7-11-18/h4,6-7,10-11,14,16H,5,8-9,12-13H2,1-3H3,(H,22,26)(H,24,25). The molecule has 0 radical (unpaired) electrons. The van der Waals surface area contributed by atoms with Crippen LogP contribution < -0.4 is 5.32 Å². The first-order valence-corrected chi connectivity index (χ1v) is 9.15. The van der Waals surface area contributed by atoms with E-state index in [1.165, 1.54) is 5.56 Å². The average molecular weight is 356 g/mol. The number of carboxylic acid groups (broad SMARTS) is 1. The number of hydrogen-bond acceptors (Lipinski definition) is 2. The van der Waals surface area contributed by atoms with Gasteiger partial charge in [0.25, 0.3) is 5.91 Å². The maximum atomic E-state index is 12.5. The fraction of sp³-hybridized carbons (Fsp3) is 0.429. The third-order valence-corrected chi connectivity index (χ3v) is 4.75. The van der Waals surface area contributed by atoms with Gasteiger partial charge >= 0.3 is 5.97 Å². The average Bonchev–Trinajstić information content (AvgIpc) is 2.92. The van der Waals surface area contributed by atoms with E-state index in [2.05, 4.69) is 28.9 Å². The maximum Gasteiger partial charge on any atom is 0.303 e. The Morgan fingerprint density at radius 2 is 1.81 bits per heavy atom. The third kappa shape index (κ3) is 4.97. The molecular weight excluding hydrogens is 328 g/mol. The number of carbonyl (C=O) groups is 2. The number of nitrogens with one attached hydrogen (secondary N) is 1. The van der Waals surface area contributed by atoms with Gasteiger partial charge in [-0.25, -0.2) is 0 Å². The first kappa shape index (κ1) is 19.8. The maximum absolute atomic E-state index is 12.5. The van der Waals surface area contributed by atoms with Gasteiger partial charge in [0.05, 0.1) is 11.6 Å². The number of unbranched alkanes of at least 4 members (excludes halogenated alkanes) is 2. The highest BCUT2D eigenvalue weighted by Crippen LogP contribution is 2.25. The number of aryl methyl sites for hydroxylation is 1. The number of carbonyl (C=O) groups excluding carboxylic acids is 1. The van der Waals surface area contributed by atoms with E-state index in [0.29, 0.717) is 18.5 Å². The zero-order valence-electron chi connectivity index (χ0n) is 15.8. The van der Waals surface area contributed by atoms with Crippen molar-refractivity contribution in [1.29, 1.82) is 0 Å². The van der Waals surface area contributed by atoms with Crippen LogP contribution in [0, 0.1) is 13.8 Å². The van der Waals surface area contributed by atoms with Gasteiger partial charge in [-0.05, 0) is 45.2 Å². The second kappa shape index (κ2) is 9.22. The molecule has 2 aromatic rings. The molecule has 1 aromatic carbocycles. The number of rotatable bonds is 9. The van der Waals surface area contributed by atoms with E-state index in [1.54, 1.807) is 0 Å². The van der Waals surface area contributed by atoms with Gasteiger partial charge in [-0.2, -0.15) is 0 Å². The summed E-state index contributed by atoms with van der Waals surface area (Å²) in [5, 5.41) is 11.6. The molecule has 5 nitrogen and oxygen atoms in total. The Balaban J connectivity index is 1.98. The molecule has 1 aromatic heterocycles. The number of nitrogens with zero attached hydrogens (tertiary/aromatic N) is 1. The summed E-state index contributed by atoms with van der Waals surface area (Å²) in [6.45, 7) is 6.71. The highest BCUT2D eigenvalue weighted by molar-refractivity contribution is 5.95. The van der Waals surface area contributed by atoms with Crippen LogP contribution in [0.5, 0.6) is 0 Å². The fourth-order valence-electron chi connectivity index (χ4n) is 3.36. The van der Waals surface area contributed by atoms with Gasteiger partial charge in [-0.15, -0.1) is 0 Å². The molecule has 0 spiro atoms. The van der Waals surface area contributed by atoms with Crippen LogP contribution in [0.4, 0.5) is 0 Å². The lowest BCUT2D eigenvalue weighted by atomic mass is 10.1. The predicted octanol–water partition coefficient (Wildman–Crippen LogP) is 4.09. The summed E-state index contributed by atoms with van der Waals surface area (Å²) in [5.74, 6) is -0.836. The quantitative estimate of drug-likeness (QED) is 0.665. The molecule has 1 atom stereocenters. The minimum atomic E-state index is -0.769. The van der Waals surface area contributed by atoms with E-state index in [4.69, 9.17) is 5.11 Å². The van der Waals surface area contributed by atoms with Crippen LogP contribution in [0.1, 0.15) is 66.0 Å². The van der Waals surface area contributed by atoms with Gasteiger partial charge in [0.2, 0.25) is 0 Å². The van der Waals surface area contributed by atoms with E-state index < -0.39 is 5.97 Å². The second-order valence-electron chi connectivity index (χ2n) is 6.70. The Bertz CT molecular complexity index is 750. The van der Waals surface area contributed by atoms with E-state index in [1.807, 2.05) is 38.1 Å². The number of carboxylic acids is 1. The van der Waals surface area contributed by atoms with E-state index in [-0.39, 0.29) is 18.4 Å². The number of benzene rings is 1. The Morgan fingerprint density at radius 1 is 1.12 bits per heavy atom. The molecule has 1 heterocycles. The summed E-state index contributed by atoms with van der Waals surface area (Å²) < 4.78 is 2.19. The predicted molar refractivity (Wildman–Crippen MR) is 103 cm³/mol. The number of aliphatic carboxylic acids is 1. The minimum Gasteiger partial charge on any atom is -0.481 e. The first-order chi connectivity index (χ1) is 12.4. The minimum absolute atomic E-state index is 0.0668. The van der Waals surface area contributed by atoms with Crippen LogP contribution in [0.2, 0.25) is 0 Å². The van der Waals surface area contributed by atoms with Gasteiger partial charge in [0.1, 0.15) is 0 Å². The van der Waals surface area contributed by atoms with E-state index >= 15 is 0 Å². The lowest BCUT2D eigenvalue weighted by Gasteiger charge is -2.19. The van der Waals surface area contributed by atoms with Crippen molar-refractivity contribution in [1.82, 2.24) is 9.88 Å². The SMILES string of the molecule is Cc1cc(C(=O)NCCCCCC(=O)O)c(C)n1C(C)c1ccccc1. The van der Waals surface area contributed by atoms with Gasteiger partial charge in [-0.1, -0.05) is 36.8 Å². The smallest absolute Gasteiger partial charge is 0.303 e. The number of amides is 1. The summed E-state index contributed by atoms with van der Waals surface area (Å²) in [6.07, 6.45) is 2.43. The first-order valence-electron chi connectivity index (χ1n) is 9.15. The van der Waals surface area contributed by atoms with Crippen molar-refractivity contribution in [3.05, 3.63) is 58.9 Å². The molecule has 0 fully saturated rings. The van der Waals surface area contributed by atoms with Crippen molar-refractivity contribution in [2.75, 3.05) is 6.54 Å². The molecule has 5 heteroatoms. The Labute approximate surface area is 155 Å². The molecule has 26 heavy (non-hydrogen) atoms. The summed E-state index contributed by atoms with van der Waals surface area (Å²) in [5.41, 5.74) is 3.93. The summed E-state index contributed by atoms with van der Waals surface area (Å²) in [4.78, 5) is 23.0. The molecule has 0 aliphatic carbocycles. The molecule has 140 valence electrons. The number of hydrogen-bond donors (Lipinski definition) is 2. The van der Waals surface area contributed by atoms with Crippen molar-refractivity contribution in [3.63, 3.8) is 0 Å². The van der Waals surface area contributed by atoms with E-state index in [9.17, 15) is 9.59 Å². The zero-order chi connectivity index (χ0) is 19.1. The van der Waals surface area contributed by atoms with Gasteiger partial charge < -0.3 is 15.0 Å². The highest BCUT2D eigenvalue weighted by atomic mass is 16.4. The van der Waals surface area contributed by atoms with Gasteiger partial charge in [0, 0.05) is 24.4 Å². The largest absolute Gasteiger partial charge is 0.481 e. The van der Waals surface area contributed by atoms with Crippen LogP contribution in [0.15, 0.2) is 36.4 Å². The topological polar surface area (TPSA) is 71.3 Å². The molecule has 0 saturated heterocycles. The highest BCUT2D eigenvalue weighted by Gasteiger charge is 2.19. The molecular formula is C21H28N2O3. The molecule has 1 amide bonds. The summed E-state index contributed by atoms with van der Waals surface area (Å²) >= 11 is 0. The molecule has 0 bridgehead atoms. The van der Waals surface area contributed by atoms with Crippen molar-refractivity contribution >= 4 is 11.9 Å². The summed E-state index contributed by atoms with van der Waals surface area (Å²) in [6, 6.07) is 12.3. The van der Waals surface area contributed by atoms with Crippen molar-refractivity contribution < 1.29 is 14.7 Å². The monoisotopic (exact) mass is 356 g/mol. The molecule has 0 saturated carbocycles.